The van der Waals surface area contributed by atoms with Crippen molar-refractivity contribution in [2.24, 2.45) is 12.0 Å². The number of hydrogen-bond donors (Lipinski definition) is 1. The van der Waals surface area contributed by atoms with Crippen LogP contribution in [0.25, 0.3) is 0 Å². The van der Waals surface area contributed by atoms with Gasteiger partial charge in [-0.15, -0.1) is 24.0 Å². The molecule has 1 aromatic carbocycles. The first-order valence-corrected chi connectivity index (χ1v) is 10.1. The molecule has 0 bridgehead atoms. The third-order valence-corrected chi connectivity index (χ3v) is 5.57. The van der Waals surface area contributed by atoms with Crippen molar-refractivity contribution in [1.29, 1.82) is 0 Å². The van der Waals surface area contributed by atoms with E-state index in [4.69, 9.17) is 16.3 Å². The van der Waals surface area contributed by atoms with Crippen molar-refractivity contribution in [3.8, 4) is 0 Å². The number of ether oxygens (including phenoxy) is 1. The third-order valence-electron chi connectivity index (χ3n) is 5.23. The van der Waals surface area contributed by atoms with Gasteiger partial charge in [0.05, 0.1) is 25.8 Å². The third kappa shape index (κ3) is 6.34. The lowest BCUT2D eigenvalue weighted by atomic mass is 10.0. The van der Waals surface area contributed by atoms with Crippen molar-refractivity contribution in [2.75, 3.05) is 46.9 Å². The van der Waals surface area contributed by atoms with Crippen LogP contribution in [-0.2, 0) is 18.3 Å². The maximum absolute atomic E-state index is 6.53. The summed E-state index contributed by atoms with van der Waals surface area (Å²) in [5.41, 5.74) is 2.38. The first-order valence-electron chi connectivity index (χ1n) is 9.68. The largest absolute Gasteiger partial charge is 0.379 e. The molecule has 0 aliphatic carbocycles. The van der Waals surface area contributed by atoms with Crippen LogP contribution in [0.1, 0.15) is 17.3 Å². The average Bonchev–Trinajstić information content (AvgIpc) is 3.11. The zero-order valence-corrected chi connectivity index (χ0v) is 20.4. The summed E-state index contributed by atoms with van der Waals surface area (Å²) >= 11 is 6.53. The van der Waals surface area contributed by atoms with Gasteiger partial charge in [-0.1, -0.05) is 29.8 Å². The Balaban J connectivity index is 0.00000300. The predicted molar refractivity (Wildman–Crippen MR) is 130 cm³/mol. The van der Waals surface area contributed by atoms with Crippen molar-refractivity contribution >= 4 is 41.5 Å². The number of nitrogens with one attached hydrogen (secondary N) is 1. The van der Waals surface area contributed by atoms with Crippen molar-refractivity contribution in [1.82, 2.24) is 19.7 Å². The van der Waals surface area contributed by atoms with E-state index in [2.05, 4.69) is 63.2 Å². The van der Waals surface area contributed by atoms with Crippen molar-refractivity contribution in [3.63, 3.8) is 0 Å². The highest BCUT2D eigenvalue weighted by Gasteiger charge is 2.25. The lowest BCUT2D eigenvalue weighted by Crippen LogP contribution is -2.46. The molecular weight excluding hydrogens is 501 g/mol. The van der Waals surface area contributed by atoms with E-state index in [1.54, 1.807) is 0 Å². The fraction of sp³-hybridized carbons (Fsp3) is 0.476. The summed E-state index contributed by atoms with van der Waals surface area (Å²) in [6.45, 7) is 4.82. The Hall–Kier alpha value is -1.29. The standard InChI is InChI=1S/C21H30ClN5O.HI/c1-23-21(26(3)16-17-7-6-10-25(17)2)24-15-20(27-11-13-28-14-12-27)18-8-4-5-9-19(18)22;/h4-10,20H,11-16H2,1-3H3,(H,23,24);1H. The number of guanidine groups is 1. The number of benzene rings is 1. The second kappa shape index (κ2) is 11.8. The average molecular weight is 532 g/mol. The Morgan fingerprint density at radius 1 is 1.24 bits per heavy atom. The van der Waals surface area contributed by atoms with E-state index in [0.29, 0.717) is 0 Å². The van der Waals surface area contributed by atoms with Crippen molar-refractivity contribution < 1.29 is 4.74 Å². The molecular formula is C21H31ClIN5O. The molecule has 1 atom stereocenters. The summed E-state index contributed by atoms with van der Waals surface area (Å²) < 4.78 is 7.67. The SMILES string of the molecule is CN=C(NCC(c1ccccc1Cl)N1CCOCC1)N(C)Cc1cccn1C.I. The van der Waals surface area contributed by atoms with Crippen LogP contribution in [0.2, 0.25) is 5.02 Å². The lowest BCUT2D eigenvalue weighted by molar-refractivity contribution is 0.0169. The minimum Gasteiger partial charge on any atom is -0.379 e. The molecule has 29 heavy (non-hydrogen) atoms. The molecule has 1 saturated heterocycles. The maximum Gasteiger partial charge on any atom is 0.193 e. The summed E-state index contributed by atoms with van der Waals surface area (Å²) in [6.07, 6.45) is 2.06. The van der Waals surface area contributed by atoms with Crippen LogP contribution >= 0.6 is 35.6 Å². The van der Waals surface area contributed by atoms with Crippen LogP contribution < -0.4 is 5.32 Å². The summed E-state index contributed by atoms with van der Waals surface area (Å²) in [4.78, 5) is 9.05. The smallest absolute Gasteiger partial charge is 0.193 e. The van der Waals surface area contributed by atoms with Gasteiger partial charge in [0.15, 0.2) is 5.96 Å². The van der Waals surface area contributed by atoms with E-state index in [0.717, 1.165) is 55.9 Å². The van der Waals surface area contributed by atoms with E-state index in [-0.39, 0.29) is 30.0 Å². The van der Waals surface area contributed by atoms with Crippen LogP contribution in [-0.4, -0.2) is 67.3 Å². The fourth-order valence-electron chi connectivity index (χ4n) is 3.62. The Morgan fingerprint density at radius 3 is 2.59 bits per heavy atom. The molecule has 160 valence electrons. The minimum absolute atomic E-state index is 0. The molecule has 0 spiro atoms. The van der Waals surface area contributed by atoms with Gasteiger partial charge in [0, 0.05) is 57.7 Å². The number of rotatable bonds is 6. The number of aromatic nitrogens is 1. The van der Waals surface area contributed by atoms with Gasteiger partial charge in [-0.3, -0.25) is 9.89 Å². The zero-order chi connectivity index (χ0) is 19.9. The Morgan fingerprint density at radius 2 is 1.97 bits per heavy atom. The van der Waals surface area contributed by atoms with Gasteiger partial charge < -0.3 is 19.5 Å². The molecule has 2 heterocycles. The van der Waals surface area contributed by atoms with Gasteiger partial charge in [-0.05, 0) is 23.8 Å². The first-order chi connectivity index (χ1) is 13.6. The maximum atomic E-state index is 6.53. The number of morpholine rings is 1. The summed E-state index contributed by atoms with van der Waals surface area (Å²) in [5, 5.41) is 4.35. The number of hydrogen-bond acceptors (Lipinski definition) is 3. The van der Waals surface area contributed by atoms with Gasteiger partial charge in [-0.2, -0.15) is 0 Å². The van der Waals surface area contributed by atoms with Crippen LogP contribution in [0.4, 0.5) is 0 Å². The van der Waals surface area contributed by atoms with Crippen LogP contribution in [0, 0.1) is 0 Å². The van der Waals surface area contributed by atoms with E-state index in [9.17, 15) is 0 Å². The second-order valence-corrected chi connectivity index (χ2v) is 7.49. The van der Waals surface area contributed by atoms with Crippen LogP contribution in [0.5, 0.6) is 0 Å². The van der Waals surface area contributed by atoms with E-state index < -0.39 is 0 Å². The highest BCUT2D eigenvalue weighted by molar-refractivity contribution is 14.0. The monoisotopic (exact) mass is 531 g/mol. The molecule has 3 rings (SSSR count). The molecule has 0 saturated carbocycles. The fourth-order valence-corrected chi connectivity index (χ4v) is 3.88. The normalized spacial score (nSPS) is 16.2. The number of aliphatic imine (C=N–C) groups is 1. The van der Waals surface area contributed by atoms with Gasteiger partial charge in [0.25, 0.3) is 0 Å². The van der Waals surface area contributed by atoms with Crippen LogP contribution in [0.15, 0.2) is 47.6 Å². The number of halogens is 2. The molecule has 1 aromatic heterocycles. The highest BCUT2D eigenvalue weighted by Crippen LogP contribution is 2.27. The Bertz CT molecular complexity index is 791. The molecule has 1 aliphatic heterocycles. The molecule has 1 unspecified atom stereocenters. The summed E-state index contributed by atoms with van der Waals surface area (Å²) in [6, 6.07) is 12.4. The van der Waals surface area contributed by atoms with Gasteiger partial charge >= 0.3 is 0 Å². The van der Waals surface area contributed by atoms with Crippen molar-refractivity contribution in [2.45, 2.75) is 12.6 Å². The van der Waals surface area contributed by atoms with Gasteiger partial charge in [0.2, 0.25) is 0 Å². The predicted octanol–water partition coefficient (Wildman–Crippen LogP) is 3.38. The number of aryl methyl sites for hydroxylation is 1. The number of nitrogens with zero attached hydrogens (tertiary/aromatic N) is 4. The molecule has 0 amide bonds. The molecule has 2 aromatic rings. The molecule has 1 fully saturated rings. The van der Waals surface area contributed by atoms with Crippen LogP contribution in [0.3, 0.4) is 0 Å². The minimum atomic E-state index is 0. The first kappa shape index (κ1) is 24.0. The second-order valence-electron chi connectivity index (χ2n) is 7.08. The highest BCUT2D eigenvalue weighted by atomic mass is 127. The summed E-state index contributed by atoms with van der Waals surface area (Å²) in [7, 11) is 5.94. The molecule has 1 aliphatic rings. The molecule has 8 heteroatoms. The quantitative estimate of drug-likeness (QED) is 0.353. The Kier molecular flexibility index (Phi) is 9.74. The molecule has 1 N–H and O–H groups in total. The van der Waals surface area contributed by atoms with E-state index in [1.165, 1.54) is 5.69 Å². The Labute approximate surface area is 195 Å². The molecule has 6 nitrogen and oxygen atoms in total. The van der Waals surface area contributed by atoms with Gasteiger partial charge in [0.1, 0.15) is 0 Å². The lowest BCUT2D eigenvalue weighted by Gasteiger charge is -2.36. The topological polar surface area (TPSA) is 45.0 Å². The molecule has 0 radical (unpaired) electrons. The van der Waals surface area contributed by atoms with Crippen molar-refractivity contribution in [3.05, 3.63) is 58.9 Å². The van der Waals surface area contributed by atoms with Gasteiger partial charge in [-0.25, -0.2) is 0 Å². The van der Waals surface area contributed by atoms with E-state index >= 15 is 0 Å². The summed E-state index contributed by atoms with van der Waals surface area (Å²) in [5.74, 6) is 0.867. The van der Waals surface area contributed by atoms with E-state index in [1.807, 2.05) is 25.2 Å². The zero-order valence-electron chi connectivity index (χ0n) is 17.3.